The van der Waals surface area contributed by atoms with E-state index in [4.69, 9.17) is 5.73 Å². The van der Waals surface area contributed by atoms with E-state index < -0.39 is 0 Å². The number of piperidine rings is 1. The first kappa shape index (κ1) is 16.8. The highest BCUT2D eigenvalue weighted by atomic mass is 35.5. The van der Waals surface area contributed by atoms with Crippen LogP contribution in [0, 0.1) is 17.3 Å². The molecule has 2 N–H and O–H groups in total. The zero-order chi connectivity index (χ0) is 13.2. The van der Waals surface area contributed by atoms with Crippen LogP contribution in [0.5, 0.6) is 0 Å². The number of carbonyl (C=O) groups is 1. The van der Waals surface area contributed by atoms with Crippen LogP contribution in [0.25, 0.3) is 0 Å². The quantitative estimate of drug-likeness (QED) is 0.868. The molecule has 3 nitrogen and oxygen atoms in total. The van der Waals surface area contributed by atoms with Gasteiger partial charge in [0.25, 0.3) is 0 Å². The van der Waals surface area contributed by atoms with Crippen LogP contribution in [0.1, 0.15) is 52.4 Å². The van der Waals surface area contributed by atoms with Gasteiger partial charge in [-0.15, -0.1) is 12.4 Å². The highest BCUT2D eigenvalue weighted by molar-refractivity contribution is 5.85. The van der Waals surface area contributed by atoms with Gasteiger partial charge >= 0.3 is 0 Å². The van der Waals surface area contributed by atoms with Crippen LogP contribution < -0.4 is 5.73 Å². The van der Waals surface area contributed by atoms with E-state index in [2.05, 4.69) is 18.7 Å². The van der Waals surface area contributed by atoms with Crippen molar-refractivity contribution in [2.24, 2.45) is 23.0 Å². The Hall–Kier alpha value is -0.280. The van der Waals surface area contributed by atoms with Gasteiger partial charge in [-0.25, -0.2) is 0 Å². The molecule has 1 amide bonds. The number of nitrogens with zero attached hydrogens (tertiary/aromatic N) is 1. The second kappa shape index (κ2) is 6.94. The van der Waals surface area contributed by atoms with Crippen molar-refractivity contribution in [2.45, 2.75) is 52.4 Å². The Labute approximate surface area is 123 Å². The van der Waals surface area contributed by atoms with Gasteiger partial charge < -0.3 is 10.6 Å². The van der Waals surface area contributed by atoms with E-state index >= 15 is 0 Å². The number of halogens is 1. The zero-order valence-electron chi connectivity index (χ0n) is 12.4. The monoisotopic (exact) mass is 288 g/mol. The second-order valence-corrected chi connectivity index (χ2v) is 6.52. The van der Waals surface area contributed by atoms with Gasteiger partial charge in [0.15, 0.2) is 0 Å². The summed E-state index contributed by atoms with van der Waals surface area (Å²) in [6.07, 6.45) is 6.93. The topological polar surface area (TPSA) is 46.3 Å². The predicted octanol–water partition coefficient (Wildman–Crippen LogP) is 2.82. The molecule has 0 radical (unpaired) electrons. The maximum Gasteiger partial charge on any atom is 0.226 e. The molecule has 4 heteroatoms. The molecule has 0 spiro atoms. The van der Waals surface area contributed by atoms with E-state index in [-0.39, 0.29) is 18.3 Å². The lowest BCUT2D eigenvalue weighted by molar-refractivity contribution is -0.138. The Morgan fingerprint density at radius 1 is 1.32 bits per heavy atom. The molecule has 0 bridgehead atoms. The molecule has 0 aromatic rings. The standard InChI is InChI=1S/C15H28N2O.ClH/c1-3-15(2)7-9-17(10-8-15)14(18)13-6-4-5-12(13)11-16;/h12-13H,3-11,16H2,1-2H3;1H/t12-,13-;/m1./s1. The molecule has 2 rings (SSSR count). The van der Waals surface area contributed by atoms with Crippen LogP contribution in [-0.2, 0) is 4.79 Å². The van der Waals surface area contributed by atoms with Crippen LogP contribution >= 0.6 is 12.4 Å². The smallest absolute Gasteiger partial charge is 0.226 e. The molecule has 1 heterocycles. The largest absolute Gasteiger partial charge is 0.342 e. The summed E-state index contributed by atoms with van der Waals surface area (Å²) in [4.78, 5) is 14.6. The SMILES string of the molecule is CCC1(C)CCN(C(=O)[C@@H]2CCC[C@@H]2CN)CC1.Cl. The molecule has 0 aromatic carbocycles. The second-order valence-electron chi connectivity index (χ2n) is 6.52. The van der Waals surface area contributed by atoms with Gasteiger partial charge in [0.2, 0.25) is 5.91 Å². The molecule has 0 aromatic heterocycles. The third kappa shape index (κ3) is 3.63. The number of carbonyl (C=O) groups excluding carboxylic acids is 1. The summed E-state index contributed by atoms with van der Waals surface area (Å²) in [7, 11) is 0. The number of amides is 1. The van der Waals surface area contributed by atoms with Crippen molar-refractivity contribution in [3.05, 3.63) is 0 Å². The third-order valence-corrected chi connectivity index (χ3v) is 5.41. The average Bonchev–Trinajstić information content (AvgIpc) is 2.87. The Morgan fingerprint density at radius 3 is 2.47 bits per heavy atom. The maximum absolute atomic E-state index is 12.5. The van der Waals surface area contributed by atoms with Crippen LogP contribution in [-0.4, -0.2) is 30.4 Å². The van der Waals surface area contributed by atoms with Crippen LogP contribution in [0.4, 0.5) is 0 Å². The summed E-state index contributed by atoms with van der Waals surface area (Å²) in [5, 5.41) is 0. The van der Waals surface area contributed by atoms with Gasteiger partial charge in [-0.2, -0.15) is 0 Å². The molecular formula is C15H29ClN2O. The molecular weight excluding hydrogens is 260 g/mol. The van der Waals surface area contributed by atoms with Crippen LogP contribution in [0.15, 0.2) is 0 Å². The molecule has 112 valence electrons. The zero-order valence-corrected chi connectivity index (χ0v) is 13.2. The normalized spacial score (nSPS) is 29.9. The molecule has 2 atom stereocenters. The van der Waals surface area contributed by atoms with Crippen molar-refractivity contribution in [3.8, 4) is 0 Å². The lowest BCUT2D eigenvalue weighted by Crippen LogP contribution is -2.45. The molecule has 1 aliphatic heterocycles. The van der Waals surface area contributed by atoms with Crippen molar-refractivity contribution in [2.75, 3.05) is 19.6 Å². The van der Waals surface area contributed by atoms with E-state index in [1.807, 2.05) is 0 Å². The van der Waals surface area contributed by atoms with Crippen molar-refractivity contribution in [1.29, 1.82) is 0 Å². The summed E-state index contributed by atoms with van der Waals surface area (Å²) in [5.74, 6) is 1.05. The highest BCUT2D eigenvalue weighted by Crippen LogP contribution is 2.37. The van der Waals surface area contributed by atoms with E-state index in [1.54, 1.807) is 0 Å². The van der Waals surface area contributed by atoms with E-state index in [0.29, 0.717) is 23.8 Å². The Bertz CT molecular complexity index is 301. The highest BCUT2D eigenvalue weighted by Gasteiger charge is 2.37. The first-order valence-electron chi connectivity index (χ1n) is 7.58. The summed E-state index contributed by atoms with van der Waals surface area (Å²) in [5.41, 5.74) is 6.24. The summed E-state index contributed by atoms with van der Waals surface area (Å²) in [6, 6.07) is 0. The van der Waals surface area contributed by atoms with Crippen molar-refractivity contribution in [3.63, 3.8) is 0 Å². The summed E-state index contributed by atoms with van der Waals surface area (Å²) < 4.78 is 0. The maximum atomic E-state index is 12.5. The van der Waals surface area contributed by atoms with Gasteiger partial charge in [0.1, 0.15) is 0 Å². The Balaban J connectivity index is 0.00000180. The third-order valence-electron chi connectivity index (χ3n) is 5.41. The Morgan fingerprint density at radius 2 is 1.95 bits per heavy atom. The van der Waals surface area contributed by atoms with Crippen LogP contribution in [0.2, 0.25) is 0 Å². The van der Waals surface area contributed by atoms with Crippen LogP contribution in [0.3, 0.4) is 0 Å². The predicted molar refractivity (Wildman–Crippen MR) is 81.3 cm³/mol. The van der Waals surface area contributed by atoms with Gasteiger partial charge in [0.05, 0.1) is 0 Å². The molecule has 0 unspecified atom stereocenters. The first-order valence-corrected chi connectivity index (χ1v) is 7.58. The van der Waals surface area contributed by atoms with Gasteiger partial charge in [-0.3, -0.25) is 4.79 Å². The molecule has 1 saturated heterocycles. The van der Waals surface area contributed by atoms with Crippen molar-refractivity contribution >= 4 is 18.3 Å². The van der Waals surface area contributed by atoms with Crippen molar-refractivity contribution in [1.82, 2.24) is 4.90 Å². The van der Waals surface area contributed by atoms with E-state index in [0.717, 1.165) is 38.8 Å². The number of rotatable bonds is 3. The van der Waals surface area contributed by atoms with E-state index in [1.165, 1.54) is 12.8 Å². The fraction of sp³-hybridized carbons (Fsp3) is 0.933. The summed E-state index contributed by atoms with van der Waals surface area (Å²) >= 11 is 0. The molecule has 2 fully saturated rings. The fourth-order valence-corrected chi connectivity index (χ4v) is 3.50. The van der Waals surface area contributed by atoms with E-state index in [9.17, 15) is 4.79 Å². The number of nitrogens with two attached hydrogens (primary N) is 1. The van der Waals surface area contributed by atoms with Gasteiger partial charge in [-0.05, 0) is 43.6 Å². The Kier molecular flexibility index (Phi) is 6.13. The lowest BCUT2D eigenvalue weighted by Gasteiger charge is -2.40. The molecule has 1 aliphatic carbocycles. The minimum atomic E-state index is 0. The fourth-order valence-electron chi connectivity index (χ4n) is 3.50. The number of likely N-dealkylation sites (tertiary alicyclic amines) is 1. The van der Waals surface area contributed by atoms with Gasteiger partial charge in [-0.1, -0.05) is 26.7 Å². The minimum absolute atomic E-state index is 0. The van der Waals surface area contributed by atoms with Gasteiger partial charge in [0, 0.05) is 19.0 Å². The molecule has 19 heavy (non-hydrogen) atoms. The lowest BCUT2D eigenvalue weighted by atomic mass is 9.78. The summed E-state index contributed by atoms with van der Waals surface area (Å²) in [6.45, 7) is 7.21. The number of hydrogen-bond acceptors (Lipinski definition) is 2. The molecule has 2 aliphatic rings. The van der Waals surface area contributed by atoms with Crippen molar-refractivity contribution < 1.29 is 4.79 Å². The molecule has 1 saturated carbocycles. The minimum Gasteiger partial charge on any atom is -0.342 e. The first-order chi connectivity index (χ1) is 8.59. The average molecular weight is 289 g/mol. The number of hydrogen-bond donors (Lipinski definition) is 1.